The zero-order valence-electron chi connectivity index (χ0n) is 20.8. The number of hydrogen-bond acceptors (Lipinski definition) is 4. The SMILES string of the molecule is CC(C)CC(CNC(=O)OCC1c2ccccc2-c2ccccc21)CC(=O)NC(C)CCC(=O)O. The first-order valence-corrected chi connectivity index (χ1v) is 12.3. The number of carbonyl (C=O) groups excluding carboxylic acids is 2. The molecule has 0 radical (unpaired) electrons. The van der Waals surface area contributed by atoms with E-state index < -0.39 is 12.1 Å². The molecule has 188 valence electrons. The maximum Gasteiger partial charge on any atom is 0.407 e. The number of carboxylic acids is 1. The van der Waals surface area contributed by atoms with Gasteiger partial charge in [0.1, 0.15) is 6.61 Å². The van der Waals surface area contributed by atoms with Gasteiger partial charge >= 0.3 is 12.1 Å². The van der Waals surface area contributed by atoms with Gasteiger partial charge in [0.15, 0.2) is 0 Å². The molecule has 2 amide bonds. The topological polar surface area (TPSA) is 105 Å². The van der Waals surface area contributed by atoms with Crippen molar-refractivity contribution in [1.82, 2.24) is 10.6 Å². The number of carboxylic acid groups (broad SMARTS) is 1. The highest BCUT2D eigenvalue weighted by Crippen LogP contribution is 2.44. The fourth-order valence-electron chi connectivity index (χ4n) is 4.79. The van der Waals surface area contributed by atoms with Crippen molar-refractivity contribution in [3.05, 3.63) is 59.7 Å². The van der Waals surface area contributed by atoms with Crippen molar-refractivity contribution in [1.29, 1.82) is 0 Å². The van der Waals surface area contributed by atoms with Gasteiger partial charge in [0, 0.05) is 31.3 Å². The lowest BCUT2D eigenvalue weighted by Crippen LogP contribution is -2.37. The third-order valence-electron chi connectivity index (χ3n) is 6.36. The number of benzene rings is 2. The van der Waals surface area contributed by atoms with Crippen LogP contribution in [-0.2, 0) is 14.3 Å². The van der Waals surface area contributed by atoms with E-state index in [-0.39, 0.29) is 43.2 Å². The number of hydrogen-bond donors (Lipinski definition) is 3. The molecule has 2 atom stereocenters. The van der Waals surface area contributed by atoms with Crippen molar-refractivity contribution < 1.29 is 24.2 Å². The maximum absolute atomic E-state index is 12.5. The molecular formula is C28H36N2O5. The Kier molecular flexibility index (Phi) is 9.29. The standard InChI is InChI=1S/C28H36N2O5/c1-18(2)14-20(15-26(31)30-19(3)12-13-27(32)33)16-29-28(34)35-17-25-23-10-6-4-8-21(23)22-9-5-7-11-24(22)25/h4-11,18-20,25H,12-17H2,1-3H3,(H,29,34)(H,30,31)(H,32,33). The second-order valence-corrected chi connectivity index (χ2v) is 9.81. The van der Waals surface area contributed by atoms with Gasteiger partial charge in [-0.25, -0.2) is 4.79 Å². The number of carbonyl (C=O) groups is 3. The molecule has 1 aliphatic rings. The van der Waals surface area contributed by atoms with Crippen LogP contribution in [-0.4, -0.2) is 42.3 Å². The molecule has 2 aromatic carbocycles. The first kappa shape index (κ1) is 26.3. The quantitative estimate of drug-likeness (QED) is 0.399. The minimum Gasteiger partial charge on any atom is -0.481 e. The van der Waals surface area contributed by atoms with Gasteiger partial charge in [0.05, 0.1) is 0 Å². The monoisotopic (exact) mass is 480 g/mol. The lowest BCUT2D eigenvalue weighted by atomic mass is 9.93. The molecule has 35 heavy (non-hydrogen) atoms. The Balaban J connectivity index is 1.51. The Labute approximate surface area is 207 Å². The van der Waals surface area contributed by atoms with Crippen LogP contribution in [0.3, 0.4) is 0 Å². The van der Waals surface area contributed by atoms with Gasteiger partial charge in [0.2, 0.25) is 5.91 Å². The number of rotatable bonds is 12. The van der Waals surface area contributed by atoms with E-state index in [2.05, 4.69) is 48.7 Å². The molecule has 2 unspecified atom stereocenters. The molecule has 3 N–H and O–H groups in total. The van der Waals surface area contributed by atoms with Crippen LogP contribution in [0.4, 0.5) is 4.79 Å². The van der Waals surface area contributed by atoms with Gasteiger partial charge in [0.25, 0.3) is 0 Å². The van der Waals surface area contributed by atoms with Gasteiger partial charge < -0.3 is 20.5 Å². The Bertz CT molecular complexity index is 990. The van der Waals surface area contributed by atoms with Crippen LogP contribution < -0.4 is 10.6 Å². The molecule has 0 spiro atoms. The summed E-state index contributed by atoms with van der Waals surface area (Å²) in [4.78, 5) is 35.7. The normalized spacial score (nSPS) is 14.1. The molecule has 3 rings (SSSR count). The molecule has 7 nitrogen and oxygen atoms in total. The fraction of sp³-hybridized carbons (Fsp3) is 0.464. The molecule has 0 heterocycles. The maximum atomic E-state index is 12.5. The fourth-order valence-corrected chi connectivity index (χ4v) is 4.79. The molecule has 2 aromatic rings. The average molecular weight is 481 g/mol. The van der Waals surface area contributed by atoms with E-state index >= 15 is 0 Å². The summed E-state index contributed by atoms with van der Waals surface area (Å²) in [5.74, 6) is -0.694. The van der Waals surface area contributed by atoms with Crippen LogP contribution in [0.25, 0.3) is 11.1 Å². The molecule has 0 aliphatic heterocycles. The van der Waals surface area contributed by atoms with Crippen LogP contribution in [0.5, 0.6) is 0 Å². The first-order chi connectivity index (χ1) is 16.7. The summed E-state index contributed by atoms with van der Waals surface area (Å²) < 4.78 is 5.61. The predicted molar refractivity (Wildman–Crippen MR) is 135 cm³/mol. The van der Waals surface area contributed by atoms with Crippen LogP contribution in [0, 0.1) is 11.8 Å². The van der Waals surface area contributed by atoms with E-state index in [1.807, 2.05) is 24.3 Å². The molecule has 0 fully saturated rings. The van der Waals surface area contributed by atoms with Crippen LogP contribution in [0.15, 0.2) is 48.5 Å². The summed E-state index contributed by atoms with van der Waals surface area (Å²) >= 11 is 0. The Morgan fingerprint density at radius 3 is 2.14 bits per heavy atom. The second kappa shape index (κ2) is 12.4. The van der Waals surface area contributed by atoms with E-state index in [0.29, 0.717) is 18.9 Å². The average Bonchev–Trinajstić information content (AvgIpc) is 3.13. The third-order valence-corrected chi connectivity index (χ3v) is 6.36. The minimum absolute atomic E-state index is 0.00215. The zero-order valence-corrected chi connectivity index (χ0v) is 20.8. The number of alkyl carbamates (subject to hydrolysis) is 1. The predicted octanol–water partition coefficient (Wildman–Crippen LogP) is 4.95. The van der Waals surface area contributed by atoms with Crippen molar-refractivity contribution in [3.8, 4) is 11.1 Å². The molecule has 0 saturated carbocycles. The van der Waals surface area contributed by atoms with Gasteiger partial charge in [-0.15, -0.1) is 0 Å². The van der Waals surface area contributed by atoms with Crippen LogP contribution in [0.2, 0.25) is 0 Å². The second-order valence-electron chi connectivity index (χ2n) is 9.81. The van der Waals surface area contributed by atoms with E-state index in [1.165, 1.54) is 11.1 Å². The van der Waals surface area contributed by atoms with Gasteiger partial charge in [-0.05, 0) is 53.9 Å². The molecule has 0 saturated heterocycles. The summed E-state index contributed by atoms with van der Waals surface area (Å²) in [5.41, 5.74) is 4.68. The Morgan fingerprint density at radius 1 is 0.971 bits per heavy atom. The summed E-state index contributed by atoms with van der Waals surface area (Å²) in [6.07, 6.45) is 0.949. The van der Waals surface area contributed by atoms with Gasteiger partial charge in [-0.3, -0.25) is 9.59 Å². The van der Waals surface area contributed by atoms with Crippen molar-refractivity contribution in [3.63, 3.8) is 0 Å². The van der Waals surface area contributed by atoms with Gasteiger partial charge in [-0.1, -0.05) is 62.4 Å². The van der Waals surface area contributed by atoms with Crippen LogP contribution in [0.1, 0.15) is 63.5 Å². The van der Waals surface area contributed by atoms with Crippen molar-refractivity contribution in [2.45, 2.75) is 58.4 Å². The third kappa shape index (κ3) is 7.57. The Morgan fingerprint density at radius 2 is 1.57 bits per heavy atom. The molecule has 0 aromatic heterocycles. The summed E-state index contributed by atoms with van der Waals surface area (Å²) in [5, 5.41) is 14.5. The smallest absolute Gasteiger partial charge is 0.407 e. The van der Waals surface area contributed by atoms with E-state index in [0.717, 1.165) is 17.5 Å². The highest BCUT2D eigenvalue weighted by Gasteiger charge is 2.29. The number of fused-ring (bicyclic) bond motifs is 3. The van der Waals surface area contributed by atoms with E-state index in [9.17, 15) is 14.4 Å². The van der Waals surface area contributed by atoms with Crippen molar-refractivity contribution in [2.24, 2.45) is 11.8 Å². The number of aliphatic carboxylic acids is 1. The molecule has 1 aliphatic carbocycles. The molecular weight excluding hydrogens is 444 g/mol. The lowest BCUT2D eigenvalue weighted by molar-refractivity contribution is -0.137. The number of ether oxygens (including phenoxy) is 1. The molecule has 0 bridgehead atoms. The van der Waals surface area contributed by atoms with Crippen molar-refractivity contribution in [2.75, 3.05) is 13.2 Å². The molecule has 7 heteroatoms. The lowest BCUT2D eigenvalue weighted by Gasteiger charge is -2.21. The Hall–Kier alpha value is -3.35. The first-order valence-electron chi connectivity index (χ1n) is 12.3. The highest BCUT2D eigenvalue weighted by atomic mass is 16.5. The summed E-state index contributed by atoms with van der Waals surface area (Å²) in [6.45, 7) is 6.54. The number of nitrogens with one attached hydrogen (secondary N) is 2. The van der Waals surface area contributed by atoms with Gasteiger partial charge in [-0.2, -0.15) is 0 Å². The van der Waals surface area contributed by atoms with Crippen molar-refractivity contribution >= 4 is 18.0 Å². The minimum atomic E-state index is -0.879. The van der Waals surface area contributed by atoms with E-state index in [1.54, 1.807) is 6.92 Å². The largest absolute Gasteiger partial charge is 0.481 e. The summed E-state index contributed by atoms with van der Waals surface area (Å²) in [7, 11) is 0. The van der Waals surface area contributed by atoms with Crippen LogP contribution >= 0.6 is 0 Å². The number of amides is 2. The highest BCUT2D eigenvalue weighted by molar-refractivity contribution is 5.79. The van der Waals surface area contributed by atoms with E-state index in [4.69, 9.17) is 9.84 Å². The zero-order chi connectivity index (χ0) is 25.4. The summed E-state index contributed by atoms with van der Waals surface area (Å²) in [6, 6.07) is 16.2.